The summed E-state index contributed by atoms with van der Waals surface area (Å²) in [5.41, 5.74) is 2.05. The summed E-state index contributed by atoms with van der Waals surface area (Å²) in [5.74, 6) is -1.43. The van der Waals surface area contributed by atoms with Gasteiger partial charge < -0.3 is 15.0 Å². The standard InChI is InChI=1S/C20H21ClFN5O5/c1-11(28)31-10-13-8-27-18(19(29)25(2)32-13)14-9-26(6-5-17(14)24-27)20(30)23-12-3-4-16(22)15(21)7-12/h3-4,7,13H,5-6,8-10H2,1-2H3,(H,23,30). The van der Waals surface area contributed by atoms with Crippen molar-refractivity contribution in [3.8, 4) is 0 Å². The van der Waals surface area contributed by atoms with Crippen molar-refractivity contribution in [3.05, 3.63) is 46.0 Å². The maximum absolute atomic E-state index is 13.4. The summed E-state index contributed by atoms with van der Waals surface area (Å²) >= 11 is 5.78. The van der Waals surface area contributed by atoms with E-state index in [1.807, 2.05) is 0 Å². The lowest BCUT2D eigenvalue weighted by atomic mass is 10.1. The summed E-state index contributed by atoms with van der Waals surface area (Å²) < 4.78 is 19.9. The number of ether oxygens (including phenoxy) is 1. The molecule has 1 aromatic heterocycles. The third-order valence-electron chi connectivity index (χ3n) is 5.20. The molecule has 1 unspecified atom stereocenters. The first-order valence-electron chi connectivity index (χ1n) is 9.90. The minimum atomic E-state index is -0.585. The SMILES string of the molecule is CC(=O)OCC1Cn2nc3c(c2C(=O)N(C)O1)CN(C(=O)Nc1ccc(F)c(Cl)c1)CC3. The monoisotopic (exact) mass is 465 g/mol. The van der Waals surface area contributed by atoms with Crippen LogP contribution in [0.4, 0.5) is 14.9 Å². The fourth-order valence-corrected chi connectivity index (χ4v) is 3.87. The van der Waals surface area contributed by atoms with Crippen LogP contribution in [0.5, 0.6) is 0 Å². The molecule has 1 aromatic carbocycles. The van der Waals surface area contributed by atoms with Gasteiger partial charge >= 0.3 is 12.0 Å². The Morgan fingerprint density at radius 1 is 1.41 bits per heavy atom. The average molecular weight is 466 g/mol. The van der Waals surface area contributed by atoms with Crippen LogP contribution >= 0.6 is 11.6 Å². The minimum Gasteiger partial charge on any atom is -0.463 e. The van der Waals surface area contributed by atoms with E-state index in [1.165, 1.54) is 37.1 Å². The molecule has 10 nitrogen and oxygen atoms in total. The molecule has 0 saturated carbocycles. The zero-order valence-corrected chi connectivity index (χ0v) is 18.2. The Morgan fingerprint density at radius 3 is 2.91 bits per heavy atom. The molecule has 0 saturated heterocycles. The first kappa shape index (κ1) is 22.0. The molecule has 0 radical (unpaired) electrons. The number of carbonyl (C=O) groups is 3. The van der Waals surface area contributed by atoms with Gasteiger partial charge in [0, 0.05) is 38.2 Å². The number of anilines is 1. The molecule has 1 atom stereocenters. The summed E-state index contributed by atoms with van der Waals surface area (Å²) in [6.07, 6.45) is -0.127. The van der Waals surface area contributed by atoms with E-state index in [0.717, 1.165) is 10.8 Å². The third kappa shape index (κ3) is 4.39. The number of esters is 1. The number of benzene rings is 1. The van der Waals surface area contributed by atoms with E-state index in [-0.39, 0.29) is 24.7 Å². The molecule has 0 fully saturated rings. The normalized spacial score (nSPS) is 18.0. The van der Waals surface area contributed by atoms with Gasteiger partial charge in [-0.3, -0.25) is 19.1 Å². The largest absolute Gasteiger partial charge is 0.463 e. The highest BCUT2D eigenvalue weighted by Crippen LogP contribution is 2.27. The Balaban J connectivity index is 1.53. The van der Waals surface area contributed by atoms with E-state index >= 15 is 0 Å². The van der Waals surface area contributed by atoms with Gasteiger partial charge in [0.05, 0.1) is 23.8 Å². The summed E-state index contributed by atoms with van der Waals surface area (Å²) in [6.45, 7) is 2.04. The number of carbonyl (C=O) groups excluding carboxylic acids is 3. The van der Waals surface area contributed by atoms with Crippen LogP contribution in [0.2, 0.25) is 5.02 Å². The number of aromatic nitrogens is 2. The molecule has 32 heavy (non-hydrogen) atoms. The van der Waals surface area contributed by atoms with Crippen molar-refractivity contribution in [1.82, 2.24) is 19.7 Å². The quantitative estimate of drug-likeness (QED) is 0.697. The Labute approximate surface area is 187 Å². The highest BCUT2D eigenvalue weighted by molar-refractivity contribution is 6.31. The molecular formula is C20H21ClFN5O5. The van der Waals surface area contributed by atoms with Gasteiger partial charge in [-0.1, -0.05) is 11.6 Å². The van der Waals surface area contributed by atoms with E-state index in [0.29, 0.717) is 29.9 Å². The van der Waals surface area contributed by atoms with Crippen LogP contribution in [0.25, 0.3) is 0 Å². The third-order valence-corrected chi connectivity index (χ3v) is 5.49. The highest BCUT2D eigenvalue weighted by atomic mass is 35.5. The van der Waals surface area contributed by atoms with Crippen LogP contribution in [0.3, 0.4) is 0 Å². The van der Waals surface area contributed by atoms with E-state index in [1.54, 1.807) is 4.68 Å². The fraction of sp³-hybridized carbons (Fsp3) is 0.400. The van der Waals surface area contributed by atoms with Crippen molar-refractivity contribution in [2.75, 3.05) is 25.5 Å². The van der Waals surface area contributed by atoms with E-state index in [4.69, 9.17) is 21.2 Å². The van der Waals surface area contributed by atoms with E-state index in [2.05, 4.69) is 10.4 Å². The summed E-state index contributed by atoms with van der Waals surface area (Å²) in [6, 6.07) is 3.51. The Kier molecular flexibility index (Phi) is 6.02. The van der Waals surface area contributed by atoms with Gasteiger partial charge in [-0.05, 0) is 18.2 Å². The number of nitrogens with one attached hydrogen (secondary N) is 1. The van der Waals surface area contributed by atoms with Crippen LogP contribution in [0, 0.1) is 5.82 Å². The predicted octanol–water partition coefficient (Wildman–Crippen LogP) is 2.21. The number of hydroxylamine groups is 2. The molecule has 3 amide bonds. The number of hydrogen-bond donors (Lipinski definition) is 1. The summed E-state index contributed by atoms with van der Waals surface area (Å²) in [5, 5.41) is 8.23. The maximum atomic E-state index is 13.4. The molecule has 170 valence electrons. The van der Waals surface area contributed by atoms with Crippen molar-refractivity contribution < 1.29 is 28.3 Å². The molecule has 3 heterocycles. The molecule has 0 spiro atoms. The molecule has 0 bridgehead atoms. The zero-order valence-electron chi connectivity index (χ0n) is 17.4. The number of rotatable bonds is 3. The molecular weight excluding hydrogens is 445 g/mol. The summed E-state index contributed by atoms with van der Waals surface area (Å²) in [7, 11) is 1.48. The fourth-order valence-electron chi connectivity index (χ4n) is 3.69. The molecule has 2 aliphatic heterocycles. The van der Waals surface area contributed by atoms with Gasteiger partial charge in [0.15, 0.2) is 0 Å². The van der Waals surface area contributed by atoms with Crippen molar-refractivity contribution >= 4 is 35.2 Å². The summed E-state index contributed by atoms with van der Waals surface area (Å²) in [4.78, 5) is 44.0. The molecule has 4 rings (SSSR count). The van der Waals surface area contributed by atoms with Crippen LogP contribution < -0.4 is 5.32 Å². The van der Waals surface area contributed by atoms with Gasteiger partial charge in [0.25, 0.3) is 5.91 Å². The van der Waals surface area contributed by atoms with Crippen LogP contribution in [-0.4, -0.2) is 64.0 Å². The van der Waals surface area contributed by atoms with Gasteiger partial charge in [0.1, 0.15) is 24.2 Å². The first-order chi connectivity index (χ1) is 15.2. The smallest absolute Gasteiger partial charge is 0.322 e. The lowest BCUT2D eigenvalue weighted by Crippen LogP contribution is -2.39. The lowest BCUT2D eigenvalue weighted by molar-refractivity contribution is -0.174. The minimum absolute atomic E-state index is 0.0221. The van der Waals surface area contributed by atoms with E-state index < -0.39 is 29.8 Å². The van der Waals surface area contributed by atoms with Gasteiger partial charge in [0.2, 0.25) is 0 Å². The van der Waals surface area contributed by atoms with Gasteiger partial charge in [-0.15, -0.1) is 0 Å². The van der Waals surface area contributed by atoms with E-state index in [9.17, 15) is 18.8 Å². The van der Waals surface area contributed by atoms with Crippen molar-refractivity contribution in [3.63, 3.8) is 0 Å². The van der Waals surface area contributed by atoms with Crippen molar-refractivity contribution in [2.45, 2.75) is 32.5 Å². The van der Waals surface area contributed by atoms with Crippen LogP contribution in [0.1, 0.15) is 28.7 Å². The van der Waals surface area contributed by atoms with Gasteiger partial charge in [-0.25, -0.2) is 14.2 Å². The zero-order chi connectivity index (χ0) is 23.0. The van der Waals surface area contributed by atoms with Crippen molar-refractivity contribution in [2.24, 2.45) is 0 Å². The highest BCUT2D eigenvalue weighted by Gasteiger charge is 2.35. The average Bonchev–Trinajstić information content (AvgIpc) is 3.05. The van der Waals surface area contributed by atoms with Crippen LogP contribution in [-0.2, 0) is 33.9 Å². The second-order valence-electron chi connectivity index (χ2n) is 7.52. The first-order valence-corrected chi connectivity index (χ1v) is 10.3. The predicted molar refractivity (Wildman–Crippen MR) is 110 cm³/mol. The number of fused-ring (bicyclic) bond motifs is 3. The molecule has 2 aromatic rings. The Hall–Kier alpha value is -3.18. The lowest BCUT2D eigenvalue weighted by Gasteiger charge is -2.27. The topological polar surface area (TPSA) is 106 Å². The van der Waals surface area contributed by atoms with Crippen molar-refractivity contribution in [1.29, 1.82) is 0 Å². The number of amides is 3. The Morgan fingerprint density at radius 2 is 2.19 bits per heavy atom. The number of hydrogen-bond acceptors (Lipinski definition) is 6. The molecule has 0 aliphatic carbocycles. The molecule has 12 heteroatoms. The number of halogens is 2. The second kappa shape index (κ2) is 8.75. The second-order valence-corrected chi connectivity index (χ2v) is 7.93. The number of urea groups is 1. The maximum Gasteiger partial charge on any atom is 0.322 e. The van der Waals surface area contributed by atoms with Crippen LogP contribution in [0.15, 0.2) is 18.2 Å². The number of nitrogens with zero attached hydrogens (tertiary/aromatic N) is 4. The Bertz CT molecular complexity index is 1090. The molecule has 2 aliphatic rings. The molecule has 1 N–H and O–H groups in total. The van der Waals surface area contributed by atoms with Gasteiger partial charge in [-0.2, -0.15) is 5.10 Å².